The van der Waals surface area contributed by atoms with Crippen LogP contribution in [0, 0.1) is 6.92 Å². The van der Waals surface area contributed by atoms with Crippen LogP contribution < -0.4 is 5.32 Å². The highest BCUT2D eigenvalue weighted by Gasteiger charge is 2.08. The summed E-state index contributed by atoms with van der Waals surface area (Å²) in [5, 5.41) is 8.55. The Labute approximate surface area is 113 Å². The van der Waals surface area contributed by atoms with Crippen LogP contribution in [0.15, 0.2) is 30.5 Å². The van der Waals surface area contributed by atoms with Gasteiger partial charge in [-0.3, -0.25) is 0 Å². The highest BCUT2D eigenvalue weighted by Crippen LogP contribution is 2.17. The van der Waals surface area contributed by atoms with E-state index in [0.29, 0.717) is 6.04 Å². The molecule has 0 fully saturated rings. The fraction of sp³-hybridized carbons (Fsp3) is 0.357. The zero-order chi connectivity index (χ0) is 13.1. The fourth-order valence-corrected chi connectivity index (χ4v) is 1.98. The van der Waals surface area contributed by atoms with Gasteiger partial charge < -0.3 is 5.32 Å². The molecule has 0 amide bonds. The molecule has 1 aromatic heterocycles. The van der Waals surface area contributed by atoms with Crippen LogP contribution in [0.3, 0.4) is 0 Å². The number of benzene rings is 1. The highest BCUT2D eigenvalue weighted by atomic mass is 35.5. The van der Waals surface area contributed by atoms with Gasteiger partial charge >= 0.3 is 0 Å². The molecule has 0 aliphatic carbocycles. The second kappa shape index (κ2) is 5.55. The van der Waals surface area contributed by atoms with Gasteiger partial charge in [0.25, 0.3) is 0 Å². The Kier molecular flexibility index (Phi) is 4.04. The summed E-state index contributed by atoms with van der Waals surface area (Å²) < 4.78 is 1.92. The second-order valence-electron chi connectivity index (χ2n) is 4.68. The average Bonchev–Trinajstić information content (AvgIpc) is 2.68. The predicted molar refractivity (Wildman–Crippen MR) is 75.3 cm³/mol. The molecule has 2 rings (SSSR count). The lowest BCUT2D eigenvalue weighted by atomic mass is 10.2. The Hall–Kier alpha value is -1.32. The van der Waals surface area contributed by atoms with Crippen LogP contribution in [-0.4, -0.2) is 15.8 Å². The Balaban J connectivity index is 2.25. The van der Waals surface area contributed by atoms with Crippen molar-refractivity contribution in [1.82, 2.24) is 15.1 Å². The minimum absolute atomic E-state index is 0.471. The van der Waals surface area contributed by atoms with Crippen molar-refractivity contribution in [1.29, 1.82) is 0 Å². The number of nitrogens with one attached hydrogen (secondary N) is 1. The third-order valence-electron chi connectivity index (χ3n) is 2.86. The van der Waals surface area contributed by atoms with Crippen molar-refractivity contribution in [2.24, 2.45) is 0 Å². The normalized spacial score (nSPS) is 11.2. The molecule has 2 aromatic rings. The number of hydrogen-bond donors (Lipinski definition) is 1. The largest absolute Gasteiger partial charge is 0.310 e. The van der Waals surface area contributed by atoms with Gasteiger partial charge in [-0.2, -0.15) is 5.10 Å². The summed E-state index contributed by atoms with van der Waals surface area (Å²) in [6, 6.07) is 8.20. The number of halogens is 1. The monoisotopic (exact) mass is 263 g/mol. The standard InChI is InChI=1S/C14H18ClN3/c1-10(2)16-8-12-9-17-18(11(12)3)14-6-4-5-13(15)7-14/h4-7,9-10,16H,8H2,1-3H3. The number of hydrogen-bond acceptors (Lipinski definition) is 2. The molecule has 0 saturated heterocycles. The van der Waals surface area contributed by atoms with E-state index in [0.717, 1.165) is 22.9 Å². The Morgan fingerprint density at radius 2 is 2.17 bits per heavy atom. The Morgan fingerprint density at radius 3 is 2.83 bits per heavy atom. The molecule has 4 heteroatoms. The van der Waals surface area contributed by atoms with Gasteiger partial charge in [0.15, 0.2) is 0 Å². The van der Waals surface area contributed by atoms with Crippen LogP contribution >= 0.6 is 11.6 Å². The van der Waals surface area contributed by atoms with Gasteiger partial charge in [0.05, 0.1) is 11.9 Å². The Bertz CT molecular complexity index is 532. The van der Waals surface area contributed by atoms with E-state index >= 15 is 0 Å². The van der Waals surface area contributed by atoms with Gasteiger partial charge in [-0.1, -0.05) is 31.5 Å². The minimum Gasteiger partial charge on any atom is -0.310 e. The van der Waals surface area contributed by atoms with Crippen LogP contribution in [0.25, 0.3) is 5.69 Å². The molecule has 1 N–H and O–H groups in total. The van der Waals surface area contributed by atoms with Gasteiger partial charge in [-0.05, 0) is 25.1 Å². The summed E-state index contributed by atoms with van der Waals surface area (Å²) in [7, 11) is 0. The van der Waals surface area contributed by atoms with Gasteiger partial charge in [0, 0.05) is 28.9 Å². The van der Waals surface area contributed by atoms with Crippen LogP contribution in [-0.2, 0) is 6.54 Å². The lowest BCUT2D eigenvalue weighted by Gasteiger charge is -2.08. The average molecular weight is 264 g/mol. The molecule has 3 nitrogen and oxygen atoms in total. The third-order valence-corrected chi connectivity index (χ3v) is 3.10. The molecule has 0 spiro atoms. The molecule has 18 heavy (non-hydrogen) atoms. The molecule has 1 aromatic carbocycles. The Morgan fingerprint density at radius 1 is 1.39 bits per heavy atom. The lowest BCUT2D eigenvalue weighted by molar-refractivity contribution is 0.587. The van der Waals surface area contributed by atoms with Crippen molar-refractivity contribution in [3.05, 3.63) is 46.7 Å². The molecule has 0 radical (unpaired) electrons. The molecular weight excluding hydrogens is 246 g/mol. The molecule has 0 bridgehead atoms. The van der Waals surface area contributed by atoms with Crippen molar-refractivity contribution in [3.8, 4) is 5.69 Å². The van der Waals surface area contributed by atoms with Crippen LogP contribution in [0.5, 0.6) is 0 Å². The first kappa shape index (κ1) is 13.1. The van der Waals surface area contributed by atoms with Crippen LogP contribution in [0.4, 0.5) is 0 Å². The molecule has 0 aliphatic heterocycles. The summed E-state index contributed by atoms with van der Waals surface area (Å²) in [5.41, 5.74) is 3.35. The van der Waals surface area contributed by atoms with Crippen LogP contribution in [0.1, 0.15) is 25.1 Å². The van der Waals surface area contributed by atoms with E-state index in [4.69, 9.17) is 11.6 Å². The SMILES string of the molecule is Cc1c(CNC(C)C)cnn1-c1cccc(Cl)c1. The van der Waals surface area contributed by atoms with Crippen LogP contribution in [0.2, 0.25) is 5.02 Å². The summed E-state index contributed by atoms with van der Waals surface area (Å²) >= 11 is 6.00. The molecule has 1 heterocycles. The lowest BCUT2D eigenvalue weighted by Crippen LogP contribution is -2.22. The summed E-state index contributed by atoms with van der Waals surface area (Å²) in [5.74, 6) is 0. The maximum absolute atomic E-state index is 6.00. The maximum Gasteiger partial charge on any atom is 0.0663 e. The van der Waals surface area contributed by atoms with E-state index in [1.54, 1.807) is 0 Å². The smallest absolute Gasteiger partial charge is 0.0663 e. The minimum atomic E-state index is 0.471. The number of nitrogens with zero attached hydrogens (tertiary/aromatic N) is 2. The summed E-state index contributed by atoms with van der Waals surface area (Å²) in [4.78, 5) is 0. The first-order chi connectivity index (χ1) is 8.58. The molecule has 0 unspecified atom stereocenters. The van der Waals surface area contributed by atoms with Crippen molar-refractivity contribution >= 4 is 11.6 Å². The third kappa shape index (κ3) is 2.92. The molecular formula is C14H18ClN3. The first-order valence-corrected chi connectivity index (χ1v) is 6.48. The second-order valence-corrected chi connectivity index (χ2v) is 5.12. The molecule has 0 saturated carbocycles. The number of aromatic nitrogens is 2. The summed E-state index contributed by atoms with van der Waals surface area (Å²) in [6.45, 7) is 7.18. The predicted octanol–water partition coefficient (Wildman–Crippen LogP) is 3.33. The van der Waals surface area contributed by atoms with Crippen molar-refractivity contribution in [2.75, 3.05) is 0 Å². The van der Waals surface area contributed by atoms with E-state index in [1.165, 1.54) is 5.56 Å². The van der Waals surface area contributed by atoms with Crippen molar-refractivity contribution in [3.63, 3.8) is 0 Å². The number of rotatable bonds is 4. The van der Waals surface area contributed by atoms with E-state index in [-0.39, 0.29) is 0 Å². The quantitative estimate of drug-likeness (QED) is 0.917. The van der Waals surface area contributed by atoms with E-state index in [9.17, 15) is 0 Å². The summed E-state index contributed by atoms with van der Waals surface area (Å²) in [6.07, 6.45) is 1.91. The van der Waals surface area contributed by atoms with Gasteiger partial charge in [0.1, 0.15) is 0 Å². The van der Waals surface area contributed by atoms with Crippen molar-refractivity contribution in [2.45, 2.75) is 33.4 Å². The van der Waals surface area contributed by atoms with Gasteiger partial charge in [-0.15, -0.1) is 0 Å². The topological polar surface area (TPSA) is 29.9 Å². The fourth-order valence-electron chi connectivity index (χ4n) is 1.80. The molecule has 0 atom stereocenters. The zero-order valence-electron chi connectivity index (χ0n) is 10.9. The molecule has 96 valence electrons. The first-order valence-electron chi connectivity index (χ1n) is 6.10. The van der Waals surface area contributed by atoms with Gasteiger partial charge in [-0.25, -0.2) is 4.68 Å². The zero-order valence-corrected chi connectivity index (χ0v) is 11.7. The van der Waals surface area contributed by atoms with E-state index in [1.807, 2.05) is 35.1 Å². The van der Waals surface area contributed by atoms with E-state index in [2.05, 4.69) is 31.2 Å². The van der Waals surface area contributed by atoms with Gasteiger partial charge in [0.2, 0.25) is 0 Å². The maximum atomic E-state index is 6.00. The van der Waals surface area contributed by atoms with E-state index < -0.39 is 0 Å². The highest BCUT2D eigenvalue weighted by molar-refractivity contribution is 6.30. The molecule has 0 aliphatic rings. The van der Waals surface area contributed by atoms with Crippen molar-refractivity contribution < 1.29 is 0 Å².